The Labute approximate surface area is 344 Å². The standard InChI is InChI=1S/C45H47N5O10/c1-7-27-21(2)32-18-36-28(13-10-25-8-11-26(60-6)12-9-25)22(3)31(47-36)17-33-23(4)29(14-15-39(52)53)42(49-33)30(16-38(51)48-37(44(56)57)20-40(54)55)43-41(45(58)59)24(5)34(50-43)19-35(27)46-32/h8-13,17-19,23,29,37,47,50H,7,14-16,20H2,1-6H3,(H,48,51)(H,52,53)(H,54,55)(H,56,57)(H,58,59)/b13-10+,31-17?,32-18?,33-17?,34-19?,35-19?,36-18?,42-30?,43-30?/t23-,29-,37-/m0/s1. The van der Waals surface area contributed by atoms with E-state index in [9.17, 15) is 44.4 Å². The van der Waals surface area contributed by atoms with Crippen molar-refractivity contribution in [1.82, 2.24) is 25.3 Å². The first-order valence-corrected chi connectivity index (χ1v) is 19.5. The number of hydrogen-bond donors (Lipinski definition) is 7. The number of hydrogen-bond acceptors (Lipinski definition) is 8. The maximum atomic E-state index is 13.8. The van der Waals surface area contributed by atoms with Gasteiger partial charge in [0.15, 0.2) is 0 Å². The number of carbonyl (C=O) groups is 5. The largest absolute Gasteiger partial charge is 0.497 e. The molecule has 15 nitrogen and oxygen atoms in total. The number of rotatable bonds is 14. The Morgan fingerprint density at radius 2 is 1.55 bits per heavy atom. The summed E-state index contributed by atoms with van der Waals surface area (Å²) in [6.45, 7) is 9.46. The number of carbonyl (C=O) groups excluding carboxylic acids is 1. The molecule has 0 saturated carbocycles. The van der Waals surface area contributed by atoms with Gasteiger partial charge in [0.05, 0.1) is 48.1 Å². The number of aromatic amines is 2. The molecule has 6 rings (SSSR count). The van der Waals surface area contributed by atoms with Crippen LogP contribution in [-0.2, 0) is 25.6 Å². The molecule has 15 heteroatoms. The number of amides is 1. The number of aryl methyl sites for hydroxylation is 2. The lowest BCUT2D eigenvalue weighted by Gasteiger charge is -2.18. The molecule has 2 aliphatic heterocycles. The first kappa shape index (κ1) is 42.6. The van der Waals surface area contributed by atoms with Gasteiger partial charge in [-0.15, -0.1) is 0 Å². The van der Waals surface area contributed by atoms with E-state index in [1.165, 1.54) is 0 Å². The topological polar surface area (TPSA) is 245 Å². The van der Waals surface area contributed by atoms with Crippen LogP contribution in [0.15, 0.2) is 42.5 Å². The Morgan fingerprint density at radius 1 is 0.867 bits per heavy atom. The number of nitrogens with one attached hydrogen (secondary N) is 3. The van der Waals surface area contributed by atoms with E-state index in [1.807, 2.05) is 76.2 Å². The highest BCUT2D eigenvalue weighted by molar-refractivity contribution is 6.03. The maximum absolute atomic E-state index is 13.8. The van der Waals surface area contributed by atoms with Crippen LogP contribution in [0, 0.1) is 13.8 Å². The number of aromatic nitrogens is 4. The summed E-state index contributed by atoms with van der Waals surface area (Å²) in [5.41, 5.74) is 8.86. The second-order valence-electron chi connectivity index (χ2n) is 15.0. The normalized spacial score (nSPS) is 15.6. The number of ether oxygens (including phenoxy) is 1. The second kappa shape index (κ2) is 17.4. The molecule has 1 aromatic carbocycles. The zero-order valence-electron chi connectivity index (χ0n) is 34.1. The molecule has 0 radical (unpaired) electrons. The van der Waals surface area contributed by atoms with Gasteiger partial charge in [0, 0.05) is 51.6 Å². The van der Waals surface area contributed by atoms with Gasteiger partial charge in [-0.25, -0.2) is 14.6 Å². The number of aliphatic carboxylic acids is 3. The third-order valence-electron chi connectivity index (χ3n) is 11.3. The quantitative estimate of drug-likeness (QED) is 0.0654. The predicted molar refractivity (Wildman–Crippen MR) is 226 cm³/mol. The fraction of sp³-hybridized carbons (Fsp3) is 0.311. The highest BCUT2D eigenvalue weighted by Gasteiger charge is 2.34. The first-order chi connectivity index (χ1) is 28.5. The number of fused-ring (bicyclic) bond motifs is 8. The SMILES string of the molecule is CCC1=C(C)c2cc3[nH]c(cc4nc(c(CC(=O)N[C@@H](CC(=O)O)C(=O)O)c5[nH]c(cc1n2)c(C)c5C(=O)O)[C@@H](CCC(=O)O)[C@@H]4C)c(C)c3/C=C/c1ccc(OC)cc1. The maximum Gasteiger partial charge on any atom is 0.338 e. The first-order valence-electron chi connectivity index (χ1n) is 19.5. The third kappa shape index (κ3) is 8.70. The lowest BCUT2D eigenvalue weighted by atomic mass is 9.85. The molecule has 0 aliphatic carbocycles. The summed E-state index contributed by atoms with van der Waals surface area (Å²) in [7, 11) is 1.61. The van der Waals surface area contributed by atoms with E-state index in [0.29, 0.717) is 40.1 Å². The van der Waals surface area contributed by atoms with Crippen LogP contribution in [0.4, 0.5) is 0 Å². The zero-order valence-corrected chi connectivity index (χ0v) is 34.1. The molecule has 0 saturated heterocycles. The highest BCUT2D eigenvalue weighted by Crippen LogP contribution is 2.43. The minimum Gasteiger partial charge on any atom is -0.497 e. The molecule has 1 amide bonds. The van der Waals surface area contributed by atoms with Gasteiger partial charge in [-0.05, 0) is 91.8 Å². The molecule has 3 aromatic heterocycles. The van der Waals surface area contributed by atoms with Crippen molar-refractivity contribution in [3.63, 3.8) is 0 Å². The number of allylic oxidation sites excluding steroid dienone is 2. The molecule has 312 valence electrons. The number of aromatic carboxylic acids is 1. The molecular weight excluding hydrogens is 771 g/mol. The third-order valence-corrected chi connectivity index (χ3v) is 11.3. The van der Waals surface area contributed by atoms with E-state index in [4.69, 9.17) is 14.7 Å². The van der Waals surface area contributed by atoms with Gasteiger partial charge in [0.25, 0.3) is 0 Å². The van der Waals surface area contributed by atoms with Crippen LogP contribution in [0.25, 0.3) is 45.4 Å². The summed E-state index contributed by atoms with van der Waals surface area (Å²) in [4.78, 5) is 79.3. The average Bonchev–Trinajstić information content (AvgIpc) is 3.88. The molecule has 5 heterocycles. The smallest absolute Gasteiger partial charge is 0.338 e. The fourth-order valence-corrected chi connectivity index (χ4v) is 8.00. The van der Waals surface area contributed by atoms with E-state index >= 15 is 0 Å². The summed E-state index contributed by atoms with van der Waals surface area (Å²) in [5, 5.41) is 41.8. The Kier molecular flexibility index (Phi) is 12.4. The van der Waals surface area contributed by atoms with Crippen LogP contribution in [0.3, 0.4) is 0 Å². The zero-order chi connectivity index (χ0) is 43.6. The molecule has 2 aliphatic rings. The number of carboxylic acids is 4. The van der Waals surface area contributed by atoms with Gasteiger partial charge in [0.2, 0.25) is 5.91 Å². The van der Waals surface area contributed by atoms with E-state index in [-0.39, 0.29) is 35.2 Å². The van der Waals surface area contributed by atoms with Crippen LogP contribution in [0.2, 0.25) is 0 Å². The number of nitrogens with zero attached hydrogens (tertiary/aromatic N) is 2. The Bertz CT molecular complexity index is 2650. The van der Waals surface area contributed by atoms with Crippen molar-refractivity contribution in [2.24, 2.45) is 0 Å². The fourth-order valence-electron chi connectivity index (χ4n) is 8.00. The lowest BCUT2D eigenvalue weighted by Crippen LogP contribution is -2.43. The van der Waals surface area contributed by atoms with Crippen molar-refractivity contribution in [2.45, 2.75) is 84.6 Å². The van der Waals surface area contributed by atoms with Crippen molar-refractivity contribution in [3.8, 4) is 5.75 Å². The van der Waals surface area contributed by atoms with Gasteiger partial charge in [-0.3, -0.25) is 19.4 Å². The molecule has 4 aromatic rings. The van der Waals surface area contributed by atoms with Crippen molar-refractivity contribution in [1.29, 1.82) is 0 Å². The van der Waals surface area contributed by atoms with Crippen LogP contribution in [-0.4, -0.2) is 83.3 Å². The second-order valence-corrected chi connectivity index (χ2v) is 15.0. The van der Waals surface area contributed by atoms with E-state index < -0.39 is 60.5 Å². The summed E-state index contributed by atoms with van der Waals surface area (Å²) in [6, 6.07) is 11.5. The summed E-state index contributed by atoms with van der Waals surface area (Å²) >= 11 is 0. The molecule has 0 spiro atoms. The summed E-state index contributed by atoms with van der Waals surface area (Å²) < 4.78 is 5.33. The summed E-state index contributed by atoms with van der Waals surface area (Å²) in [6.07, 6.45) is 2.93. The van der Waals surface area contributed by atoms with E-state index in [1.54, 1.807) is 20.1 Å². The number of methoxy groups -OCH3 is 1. The van der Waals surface area contributed by atoms with Crippen LogP contribution in [0.1, 0.15) is 119 Å². The molecule has 7 N–H and O–H groups in total. The van der Waals surface area contributed by atoms with Crippen molar-refractivity contribution < 1.29 is 49.1 Å². The molecule has 8 bridgehead atoms. The van der Waals surface area contributed by atoms with Crippen LogP contribution >= 0.6 is 0 Å². The molecule has 0 unspecified atom stereocenters. The minimum atomic E-state index is -1.78. The average molecular weight is 818 g/mol. The molecule has 60 heavy (non-hydrogen) atoms. The van der Waals surface area contributed by atoms with Crippen LogP contribution < -0.4 is 10.1 Å². The van der Waals surface area contributed by atoms with Crippen molar-refractivity contribution >= 4 is 75.1 Å². The number of carboxylic acid groups (broad SMARTS) is 4. The van der Waals surface area contributed by atoms with Gasteiger partial charge in [-0.2, -0.15) is 0 Å². The molecular formula is C45H47N5O10. The Morgan fingerprint density at radius 3 is 2.17 bits per heavy atom. The predicted octanol–water partition coefficient (Wildman–Crippen LogP) is 7.49. The number of benzene rings is 1. The summed E-state index contributed by atoms with van der Waals surface area (Å²) in [5.74, 6) is -6.60. The van der Waals surface area contributed by atoms with Gasteiger partial charge < -0.3 is 40.4 Å². The number of H-pyrrole nitrogens is 2. The minimum absolute atomic E-state index is 0.0311. The molecule has 3 atom stereocenters. The Balaban J connectivity index is 1.73. The Hall–Kier alpha value is -7.03. The monoisotopic (exact) mass is 817 g/mol. The van der Waals surface area contributed by atoms with Gasteiger partial charge in [0.1, 0.15) is 11.8 Å². The van der Waals surface area contributed by atoms with Crippen molar-refractivity contribution in [3.05, 3.63) is 98.6 Å². The molecule has 0 fully saturated rings. The van der Waals surface area contributed by atoms with E-state index in [2.05, 4.69) is 15.3 Å². The van der Waals surface area contributed by atoms with Crippen molar-refractivity contribution in [2.75, 3.05) is 7.11 Å². The lowest BCUT2D eigenvalue weighted by molar-refractivity contribution is -0.147. The van der Waals surface area contributed by atoms with E-state index in [0.717, 1.165) is 39.1 Å². The van der Waals surface area contributed by atoms with Crippen LogP contribution in [0.5, 0.6) is 5.75 Å². The van der Waals surface area contributed by atoms with Gasteiger partial charge >= 0.3 is 23.9 Å². The highest BCUT2D eigenvalue weighted by atomic mass is 16.5. The van der Waals surface area contributed by atoms with Gasteiger partial charge in [-0.1, -0.05) is 38.1 Å².